The molecule has 0 bridgehead atoms. The van der Waals surface area contributed by atoms with E-state index in [0.29, 0.717) is 12.6 Å². The maximum Gasteiger partial charge on any atom is 0.235 e. The van der Waals surface area contributed by atoms with E-state index in [1.54, 1.807) is 0 Å². The molecule has 1 aliphatic rings. The number of carbonyl (C=O) groups excluding carboxylic acids is 1. The smallest absolute Gasteiger partial charge is 0.235 e. The Hall–Kier alpha value is -0.650. The Morgan fingerprint density at radius 1 is 1.53 bits per heavy atom. The number of nitrogens with two attached hydrogens (primary N) is 2. The Bertz CT molecular complexity index is 207. The van der Waals surface area contributed by atoms with E-state index in [-0.39, 0.29) is 6.61 Å². The Morgan fingerprint density at radius 2 is 2.20 bits per heavy atom. The van der Waals surface area contributed by atoms with Gasteiger partial charge in [-0.2, -0.15) is 0 Å². The summed E-state index contributed by atoms with van der Waals surface area (Å²) in [6, 6.07) is -0.0637. The number of amides is 1. The summed E-state index contributed by atoms with van der Waals surface area (Å²) >= 11 is 0. The third-order valence-corrected chi connectivity index (χ3v) is 2.99. The quantitative estimate of drug-likeness (QED) is 0.510. The number of hydrogen-bond acceptors (Lipinski definition) is 4. The van der Waals surface area contributed by atoms with E-state index < -0.39 is 11.9 Å². The second-order valence-electron chi connectivity index (χ2n) is 4.17. The second kappa shape index (κ2) is 6.05. The first-order valence-corrected chi connectivity index (χ1v) is 5.55. The highest BCUT2D eigenvalue weighted by atomic mass is 16.3. The molecule has 1 aliphatic carbocycles. The fraction of sp³-hybridized carbons (Fsp3) is 0.900. The maximum absolute atomic E-state index is 10.9. The normalized spacial score (nSPS) is 18.9. The SMILES string of the molecule is NC(=O)C(N)CN(CCCO)C1CCC1. The first-order valence-electron chi connectivity index (χ1n) is 5.55. The summed E-state index contributed by atoms with van der Waals surface area (Å²) in [7, 11) is 0. The number of aliphatic hydroxyl groups excluding tert-OH is 1. The van der Waals surface area contributed by atoms with Gasteiger partial charge in [0.25, 0.3) is 0 Å². The van der Waals surface area contributed by atoms with Crippen LogP contribution in [-0.2, 0) is 4.79 Å². The van der Waals surface area contributed by atoms with Crippen LogP contribution in [-0.4, -0.2) is 47.7 Å². The van der Waals surface area contributed by atoms with Gasteiger partial charge in [-0.05, 0) is 19.3 Å². The maximum atomic E-state index is 10.9. The molecule has 0 heterocycles. The van der Waals surface area contributed by atoms with E-state index in [1.165, 1.54) is 6.42 Å². The van der Waals surface area contributed by atoms with Crippen LogP contribution in [0.3, 0.4) is 0 Å². The second-order valence-corrected chi connectivity index (χ2v) is 4.17. The molecule has 1 saturated carbocycles. The van der Waals surface area contributed by atoms with Gasteiger partial charge in [-0.3, -0.25) is 9.69 Å². The zero-order valence-electron chi connectivity index (χ0n) is 9.06. The lowest BCUT2D eigenvalue weighted by molar-refractivity contribution is -0.119. The number of hydrogen-bond donors (Lipinski definition) is 3. The van der Waals surface area contributed by atoms with Gasteiger partial charge in [0.1, 0.15) is 0 Å². The monoisotopic (exact) mass is 215 g/mol. The predicted octanol–water partition coefficient (Wildman–Crippen LogP) is -0.964. The van der Waals surface area contributed by atoms with Gasteiger partial charge in [-0.1, -0.05) is 6.42 Å². The number of carbonyl (C=O) groups is 1. The highest BCUT2D eigenvalue weighted by Crippen LogP contribution is 2.24. The average Bonchev–Trinajstić information content (AvgIpc) is 2.10. The fourth-order valence-corrected chi connectivity index (χ4v) is 1.79. The highest BCUT2D eigenvalue weighted by Gasteiger charge is 2.26. The van der Waals surface area contributed by atoms with Crippen molar-refractivity contribution < 1.29 is 9.90 Å². The van der Waals surface area contributed by atoms with E-state index in [2.05, 4.69) is 4.90 Å². The van der Waals surface area contributed by atoms with Gasteiger partial charge in [0.05, 0.1) is 6.04 Å². The Balaban J connectivity index is 2.37. The summed E-state index contributed by atoms with van der Waals surface area (Å²) < 4.78 is 0. The van der Waals surface area contributed by atoms with Crippen molar-refractivity contribution in [2.24, 2.45) is 11.5 Å². The van der Waals surface area contributed by atoms with Gasteiger partial charge in [-0.25, -0.2) is 0 Å². The van der Waals surface area contributed by atoms with Crippen molar-refractivity contribution in [2.75, 3.05) is 19.7 Å². The molecule has 0 radical (unpaired) electrons. The topological polar surface area (TPSA) is 92.6 Å². The van der Waals surface area contributed by atoms with Crippen molar-refractivity contribution >= 4 is 5.91 Å². The lowest BCUT2D eigenvalue weighted by atomic mass is 9.91. The molecule has 5 nitrogen and oxygen atoms in total. The summed E-state index contributed by atoms with van der Waals surface area (Å²) in [5.41, 5.74) is 10.8. The van der Waals surface area contributed by atoms with Gasteiger partial charge in [0.2, 0.25) is 5.91 Å². The van der Waals surface area contributed by atoms with Crippen LogP contribution >= 0.6 is 0 Å². The van der Waals surface area contributed by atoms with Crippen molar-refractivity contribution in [1.82, 2.24) is 4.90 Å². The molecule has 0 aromatic heterocycles. The number of aliphatic hydroxyl groups is 1. The predicted molar refractivity (Wildman–Crippen MR) is 58.1 cm³/mol. The van der Waals surface area contributed by atoms with Crippen molar-refractivity contribution in [3.63, 3.8) is 0 Å². The zero-order chi connectivity index (χ0) is 11.3. The molecule has 1 atom stereocenters. The van der Waals surface area contributed by atoms with Gasteiger partial charge < -0.3 is 16.6 Å². The summed E-state index contributed by atoms with van der Waals surface area (Å²) in [4.78, 5) is 13.0. The first kappa shape index (κ1) is 12.4. The van der Waals surface area contributed by atoms with E-state index in [1.807, 2.05) is 0 Å². The molecule has 1 fully saturated rings. The number of nitrogens with zero attached hydrogens (tertiary/aromatic N) is 1. The third-order valence-electron chi connectivity index (χ3n) is 2.99. The van der Waals surface area contributed by atoms with E-state index in [4.69, 9.17) is 16.6 Å². The Morgan fingerprint density at radius 3 is 2.60 bits per heavy atom. The van der Waals surface area contributed by atoms with Gasteiger partial charge in [0, 0.05) is 25.7 Å². The minimum absolute atomic E-state index is 0.176. The van der Waals surface area contributed by atoms with Crippen molar-refractivity contribution in [1.29, 1.82) is 0 Å². The van der Waals surface area contributed by atoms with Crippen LogP contribution in [0.2, 0.25) is 0 Å². The van der Waals surface area contributed by atoms with E-state index >= 15 is 0 Å². The van der Waals surface area contributed by atoms with Crippen LogP contribution in [0.5, 0.6) is 0 Å². The van der Waals surface area contributed by atoms with Crippen LogP contribution in [0.15, 0.2) is 0 Å². The molecule has 0 aromatic carbocycles. The molecule has 15 heavy (non-hydrogen) atoms. The van der Waals surface area contributed by atoms with Gasteiger partial charge in [0.15, 0.2) is 0 Å². The lowest BCUT2D eigenvalue weighted by Crippen LogP contribution is -2.51. The van der Waals surface area contributed by atoms with Crippen LogP contribution in [0.25, 0.3) is 0 Å². The fourth-order valence-electron chi connectivity index (χ4n) is 1.79. The van der Waals surface area contributed by atoms with Crippen molar-refractivity contribution in [3.05, 3.63) is 0 Å². The van der Waals surface area contributed by atoms with Gasteiger partial charge >= 0.3 is 0 Å². The molecular formula is C10H21N3O2. The summed E-state index contributed by atoms with van der Waals surface area (Å²) in [6.45, 7) is 1.48. The first-order chi connectivity index (χ1) is 7.15. The van der Waals surface area contributed by atoms with Crippen LogP contribution in [0.4, 0.5) is 0 Å². The molecular weight excluding hydrogens is 194 g/mol. The molecule has 5 N–H and O–H groups in total. The minimum Gasteiger partial charge on any atom is -0.396 e. The van der Waals surface area contributed by atoms with Crippen LogP contribution in [0, 0.1) is 0 Å². The summed E-state index contributed by atoms with van der Waals surface area (Å²) in [5.74, 6) is -0.455. The average molecular weight is 215 g/mol. The zero-order valence-corrected chi connectivity index (χ0v) is 9.06. The molecule has 1 amide bonds. The highest BCUT2D eigenvalue weighted by molar-refractivity contribution is 5.79. The Kier molecular flexibility index (Phi) is 5.01. The Labute approximate surface area is 90.4 Å². The number of primary amides is 1. The van der Waals surface area contributed by atoms with Gasteiger partial charge in [-0.15, -0.1) is 0 Å². The van der Waals surface area contributed by atoms with Crippen LogP contribution < -0.4 is 11.5 Å². The molecule has 1 rings (SSSR count). The van der Waals surface area contributed by atoms with Crippen molar-refractivity contribution in [3.8, 4) is 0 Å². The molecule has 0 aromatic rings. The largest absolute Gasteiger partial charge is 0.396 e. The molecule has 5 heteroatoms. The molecule has 0 saturated heterocycles. The molecule has 1 unspecified atom stereocenters. The molecule has 88 valence electrons. The minimum atomic E-state index is -0.593. The van der Waals surface area contributed by atoms with E-state index in [0.717, 1.165) is 25.8 Å². The van der Waals surface area contributed by atoms with Crippen LogP contribution in [0.1, 0.15) is 25.7 Å². The summed E-state index contributed by atoms with van der Waals surface area (Å²) in [6.07, 6.45) is 4.29. The standard InChI is InChI=1S/C10H21N3O2/c11-9(10(12)15)7-13(5-2-6-14)8-3-1-4-8/h8-9,14H,1-7,11H2,(H2,12,15). The molecule has 0 spiro atoms. The summed E-state index contributed by atoms with van der Waals surface area (Å²) in [5, 5.41) is 8.78. The van der Waals surface area contributed by atoms with E-state index in [9.17, 15) is 4.79 Å². The number of rotatable bonds is 7. The lowest BCUT2D eigenvalue weighted by Gasteiger charge is -2.38. The molecule has 0 aliphatic heterocycles. The van der Waals surface area contributed by atoms with Crippen molar-refractivity contribution in [2.45, 2.75) is 37.8 Å². The third kappa shape index (κ3) is 3.77.